The number of carbonyl (C=O) groups is 2. The molecule has 1 unspecified atom stereocenters. The Balaban J connectivity index is 2.48. The molecule has 0 saturated heterocycles. The van der Waals surface area contributed by atoms with Crippen LogP contribution in [0.25, 0.3) is 0 Å². The average molecular weight is 284 g/mol. The number of aliphatic hydroxyl groups excluding tert-OH is 1. The highest BCUT2D eigenvalue weighted by molar-refractivity contribution is 5.88. The highest BCUT2D eigenvalue weighted by Gasteiger charge is 2.15. The monoisotopic (exact) mass is 284 g/mol. The number of hydrogen-bond donors (Lipinski definition) is 3. The van der Waals surface area contributed by atoms with Crippen molar-refractivity contribution in [3.63, 3.8) is 0 Å². The summed E-state index contributed by atoms with van der Waals surface area (Å²) in [7, 11) is 1.62. The quantitative estimate of drug-likeness (QED) is 0.728. The fraction of sp³-hybridized carbons (Fsp3) is 0.538. The average Bonchev–Trinajstić information content (AvgIpc) is 2.74. The molecule has 20 heavy (non-hydrogen) atoms. The summed E-state index contributed by atoms with van der Waals surface area (Å²) in [6.07, 6.45) is 0.0311. The molecule has 1 aromatic heterocycles. The van der Waals surface area contributed by atoms with E-state index in [-0.39, 0.29) is 18.1 Å². The van der Waals surface area contributed by atoms with Crippen molar-refractivity contribution in [3.8, 4) is 0 Å². The van der Waals surface area contributed by atoms with E-state index in [0.717, 1.165) is 0 Å². The predicted octanol–water partition coefficient (Wildman–Crippen LogP) is 1.20. The summed E-state index contributed by atoms with van der Waals surface area (Å²) in [5.41, 5.74) is 0.0942. The van der Waals surface area contributed by atoms with Crippen molar-refractivity contribution in [2.24, 2.45) is 0 Å². The van der Waals surface area contributed by atoms with Crippen molar-refractivity contribution in [2.75, 3.05) is 13.6 Å². The molecule has 1 atom stereocenters. The molecule has 0 radical (unpaired) electrons. The van der Waals surface area contributed by atoms with Crippen molar-refractivity contribution in [1.82, 2.24) is 10.2 Å². The number of carboxylic acid groups (broad SMARTS) is 1. The molecular weight excluding hydrogens is 264 g/mol. The van der Waals surface area contributed by atoms with Gasteiger partial charge in [-0.2, -0.15) is 0 Å². The van der Waals surface area contributed by atoms with Crippen molar-refractivity contribution >= 4 is 12.0 Å². The molecule has 0 aliphatic heterocycles. The Labute approximate surface area is 117 Å². The SMILES string of the molecule is Cc1oc(CNC(=O)N(C)CCC(C)O)cc1C(=O)O. The van der Waals surface area contributed by atoms with E-state index in [0.29, 0.717) is 24.5 Å². The zero-order chi connectivity index (χ0) is 15.3. The summed E-state index contributed by atoms with van der Waals surface area (Å²) in [5, 5.41) is 20.7. The lowest BCUT2D eigenvalue weighted by atomic mass is 10.2. The van der Waals surface area contributed by atoms with E-state index >= 15 is 0 Å². The summed E-state index contributed by atoms with van der Waals surface area (Å²) < 4.78 is 5.25. The van der Waals surface area contributed by atoms with Crippen LogP contribution in [0.15, 0.2) is 10.5 Å². The van der Waals surface area contributed by atoms with Crippen LogP contribution in [0.3, 0.4) is 0 Å². The minimum atomic E-state index is -1.06. The Hall–Kier alpha value is -2.02. The second kappa shape index (κ2) is 6.95. The van der Waals surface area contributed by atoms with Gasteiger partial charge in [-0.15, -0.1) is 0 Å². The topological polar surface area (TPSA) is 103 Å². The van der Waals surface area contributed by atoms with Crippen LogP contribution in [0.1, 0.15) is 35.2 Å². The van der Waals surface area contributed by atoms with Gasteiger partial charge in [-0.1, -0.05) is 0 Å². The van der Waals surface area contributed by atoms with E-state index < -0.39 is 12.1 Å². The molecule has 0 aromatic carbocycles. The van der Waals surface area contributed by atoms with Crippen LogP contribution < -0.4 is 5.32 Å². The zero-order valence-corrected chi connectivity index (χ0v) is 11.8. The van der Waals surface area contributed by atoms with Gasteiger partial charge in [0.1, 0.15) is 17.1 Å². The van der Waals surface area contributed by atoms with Crippen LogP contribution >= 0.6 is 0 Å². The minimum absolute atomic E-state index is 0.0942. The normalized spacial score (nSPS) is 12.0. The number of furan rings is 1. The number of aryl methyl sites for hydroxylation is 1. The second-order valence-corrected chi connectivity index (χ2v) is 4.71. The molecular formula is C13H20N2O5. The van der Waals surface area contributed by atoms with Gasteiger partial charge in [0, 0.05) is 13.6 Å². The van der Waals surface area contributed by atoms with Crippen LogP contribution in [0.5, 0.6) is 0 Å². The molecule has 0 fully saturated rings. The van der Waals surface area contributed by atoms with Gasteiger partial charge in [-0.25, -0.2) is 9.59 Å². The fourth-order valence-corrected chi connectivity index (χ4v) is 1.62. The van der Waals surface area contributed by atoms with Crippen molar-refractivity contribution in [1.29, 1.82) is 0 Å². The van der Waals surface area contributed by atoms with E-state index in [1.807, 2.05) is 0 Å². The van der Waals surface area contributed by atoms with E-state index in [1.165, 1.54) is 11.0 Å². The third kappa shape index (κ3) is 4.58. The van der Waals surface area contributed by atoms with Crippen LogP contribution in [-0.4, -0.2) is 46.8 Å². The van der Waals surface area contributed by atoms with Crippen LogP contribution in [-0.2, 0) is 6.54 Å². The second-order valence-electron chi connectivity index (χ2n) is 4.71. The Morgan fingerprint density at radius 3 is 2.65 bits per heavy atom. The third-order valence-corrected chi connectivity index (χ3v) is 2.84. The molecule has 1 rings (SSSR count). The molecule has 7 heteroatoms. The largest absolute Gasteiger partial charge is 0.478 e. The van der Waals surface area contributed by atoms with E-state index in [2.05, 4.69) is 5.32 Å². The van der Waals surface area contributed by atoms with Crippen molar-refractivity contribution in [3.05, 3.63) is 23.2 Å². The molecule has 7 nitrogen and oxygen atoms in total. The van der Waals surface area contributed by atoms with Gasteiger partial charge >= 0.3 is 12.0 Å². The first kappa shape index (κ1) is 16.0. The van der Waals surface area contributed by atoms with E-state index in [4.69, 9.17) is 14.6 Å². The van der Waals surface area contributed by atoms with Gasteiger partial charge in [0.2, 0.25) is 0 Å². The molecule has 0 aliphatic rings. The standard InChI is InChI=1S/C13H20N2O5/c1-8(16)4-5-15(3)13(19)14-7-10-6-11(12(17)18)9(2)20-10/h6,8,16H,4-5,7H2,1-3H3,(H,14,19)(H,17,18). The van der Waals surface area contributed by atoms with E-state index in [1.54, 1.807) is 20.9 Å². The number of carboxylic acids is 1. The maximum Gasteiger partial charge on any atom is 0.339 e. The summed E-state index contributed by atoms with van der Waals surface area (Å²) in [6, 6.07) is 1.09. The maximum atomic E-state index is 11.7. The molecule has 3 N–H and O–H groups in total. The minimum Gasteiger partial charge on any atom is -0.478 e. The van der Waals surface area contributed by atoms with Gasteiger partial charge in [-0.3, -0.25) is 0 Å². The van der Waals surface area contributed by atoms with Gasteiger partial charge < -0.3 is 24.8 Å². The molecule has 1 heterocycles. The first-order valence-corrected chi connectivity index (χ1v) is 6.31. The Morgan fingerprint density at radius 1 is 1.50 bits per heavy atom. The molecule has 2 amide bonds. The molecule has 0 bridgehead atoms. The zero-order valence-electron chi connectivity index (χ0n) is 11.8. The molecule has 0 saturated carbocycles. The Kier molecular flexibility index (Phi) is 5.57. The lowest BCUT2D eigenvalue weighted by Crippen LogP contribution is -2.38. The molecule has 0 spiro atoms. The van der Waals surface area contributed by atoms with Crippen molar-refractivity contribution < 1.29 is 24.2 Å². The smallest absolute Gasteiger partial charge is 0.339 e. The number of carbonyl (C=O) groups excluding carboxylic acids is 1. The van der Waals surface area contributed by atoms with Crippen molar-refractivity contribution in [2.45, 2.75) is 32.9 Å². The lowest BCUT2D eigenvalue weighted by molar-refractivity contribution is 0.0695. The number of amides is 2. The molecule has 1 aromatic rings. The van der Waals surface area contributed by atoms with Gasteiger partial charge in [0.25, 0.3) is 0 Å². The van der Waals surface area contributed by atoms with Crippen LogP contribution in [0.2, 0.25) is 0 Å². The fourth-order valence-electron chi connectivity index (χ4n) is 1.62. The summed E-state index contributed by atoms with van der Waals surface area (Å²) >= 11 is 0. The summed E-state index contributed by atoms with van der Waals surface area (Å²) in [6.45, 7) is 3.77. The van der Waals surface area contributed by atoms with Crippen LogP contribution in [0, 0.1) is 6.92 Å². The molecule has 112 valence electrons. The van der Waals surface area contributed by atoms with E-state index in [9.17, 15) is 9.59 Å². The highest BCUT2D eigenvalue weighted by Crippen LogP contribution is 2.14. The first-order chi connectivity index (χ1) is 9.31. The number of nitrogens with zero attached hydrogens (tertiary/aromatic N) is 1. The molecule has 0 aliphatic carbocycles. The number of urea groups is 1. The van der Waals surface area contributed by atoms with Crippen LogP contribution in [0.4, 0.5) is 4.79 Å². The highest BCUT2D eigenvalue weighted by atomic mass is 16.4. The summed E-state index contributed by atoms with van der Waals surface area (Å²) in [4.78, 5) is 24.0. The summed E-state index contributed by atoms with van der Waals surface area (Å²) in [5.74, 6) is -0.362. The maximum absolute atomic E-state index is 11.7. The number of aromatic carboxylic acids is 1. The lowest BCUT2D eigenvalue weighted by Gasteiger charge is -2.18. The number of nitrogens with one attached hydrogen (secondary N) is 1. The first-order valence-electron chi connectivity index (χ1n) is 6.31. The van der Waals surface area contributed by atoms with Gasteiger partial charge in [0.05, 0.1) is 12.6 Å². The van der Waals surface area contributed by atoms with Gasteiger partial charge in [0.15, 0.2) is 0 Å². The van der Waals surface area contributed by atoms with Gasteiger partial charge in [-0.05, 0) is 26.3 Å². The third-order valence-electron chi connectivity index (χ3n) is 2.84. The Bertz CT molecular complexity index is 481. The Morgan fingerprint density at radius 2 is 2.15 bits per heavy atom. The predicted molar refractivity (Wildman–Crippen MR) is 71.6 cm³/mol. The number of hydrogen-bond acceptors (Lipinski definition) is 4. The number of aliphatic hydroxyl groups is 1. The number of rotatable bonds is 6.